The average Bonchev–Trinajstić information content (AvgIpc) is 2.27. The second kappa shape index (κ2) is 6.44. The lowest BCUT2D eigenvalue weighted by molar-refractivity contribution is 0.413. The van der Waals surface area contributed by atoms with E-state index in [-0.39, 0.29) is 6.04 Å². The van der Waals surface area contributed by atoms with Crippen molar-refractivity contribution >= 4 is 11.6 Å². The van der Waals surface area contributed by atoms with Crippen molar-refractivity contribution < 1.29 is 4.74 Å². The van der Waals surface area contributed by atoms with Crippen LogP contribution in [0.5, 0.6) is 5.75 Å². The summed E-state index contributed by atoms with van der Waals surface area (Å²) in [5.41, 5.74) is 2.54. The first-order valence-electron chi connectivity index (χ1n) is 6.50. The molecule has 3 heteroatoms. The van der Waals surface area contributed by atoms with Crippen LogP contribution in [-0.2, 0) is 0 Å². The van der Waals surface area contributed by atoms with E-state index in [1.165, 1.54) is 11.1 Å². The molecule has 0 aromatic heterocycles. The van der Waals surface area contributed by atoms with Crippen LogP contribution in [0.15, 0.2) is 12.1 Å². The largest absolute Gasteiger partial charge is 0.495 e. The molecule has 1 rings (SSSR count). The minimum absolute atomic E-state index is 0.283. The molecule has 0 spiro atoms. The Hall–Kier alpha value is -0.730. The summed E-state index contributed by atoms with van der Waals surface area (Å²) in [6.45, 7) is 10.8. The Bertz CT molecular complexity index is 402. The fraction of sp³-hybridized carbons (Fsp3) is 0.600. The summed E-state index contributed by atoms with van der Waals surface area (Å²) in [4.78, 5) is 0. The van der Waals surface area contributed by atoms with E-state index < -0.39 is 0 Å². The predicted molar refractivity (Wildman–Crippen MR) is 78.8 cm³/mol. The SMILES string of the molecule is COc1cc(C(C)C)c(C(C)NC(C)C)cc1Cl. The molecule has 1 aromatic rings. The maximum atomic E-state index is 6.23. The van der Waals surface area contributed by atoms with Crippen LogP contribution in [0, 0.1) is 0 Å². The quantitative estimate of drug-likeness (QED) is 0.848. The molecule has 0 aliphatic rings. The van der Waals surface area contributed by atoms with Crippen LogP contribution in [0.1, 0.15) is 57.7 Å². The Morgan fingerprint density at radius 1 is 1.06 bits per heavy atom. The molecule has 102 valence electrons. The number of hydrogen-bond acceptors (Lipinski definition) is 2. The third-order valence-electron chi connectivity index (χ3n) is 3.03. The fourth-order valence-corrected chi connectivity index (χ4v) is 2.45. The highest BCUT2D eigenvalue weighted by Gasteiger charge is 2.17. The monoisotopic (exact) mass is 269 g/mol. The van der Waals surface area contributed by atoms with Crippen molar-refractivity contribution in [2.75, 3.05) is 7.11 Å². The van der Waals surface area contributed by atoms with E-state index >= 15 is 0 Å². The van der Waals surface area contributed by atoms with E-state index in [1.54, 1.807) is 7.11 Å². The van der Waals surface area contributed by atoms with Gasteiger partial charge in [-0.05, 0) is 36.1 Å². The van der Waals surface area contributed by atoms with Crippen LogP contribution < -0.4 is 10.1 Å². The van der Waals surface area contributed by atoms with Gasteiger partial charge in [0.1, 0.15) is 5.75 Å². The van der Waals surface area contributed by atoms with Gasteiger partial charge in [-0.2, -0.15) is 0 Å². The van der Waals surface area contributed by atoms with Crippen molar-refractivity contribution in [3.8, 4) is 5.75 Å². The number of halogens is 1. The molecule has 0 bridgehead atoms. The second-order valence-corrected chi connectivity index (χ2v) is 5.72. The average molecular weight is 270 g/mol. The van der Waals surface area contributed by atoms with Crippen LogP contribution in [-0.4, -0.2) is 13.2 Å². The summed E-state index contributed by atoms with van der Waals surface area (Å²) >= 11 is 6.23. The summed E-state index contributed by atoms with van der Waals surface area (Å²) in [5, 5.41) is 4.19. The van der Waals surface area contributed by atoms with E-state index in [9.17, 15) is 0 Å². The van der Waals surface area contributed by atoms with Gasteiger partial charge in [0.2, 0.25) is 0 Å². The lowest BCUT2D eigenvalue weighted by Gasteiger charge is -2.23. The maximum absolute atomic E-state index is 6.23. The van der Waals surface area contributed by atoms with Crippen molar-refractivity contribution in [1.82, 2.24) is 5.32 Å². The molecule has 0 amide bonds. The first-order valence-corrected chi connectivity index (χ1v) is 6.88. The van der Waals surface area contributed by atoms with Crippen LogP contribution in [0.2, 0.25) is 5.02 Å². The van der Waals surface area contributed by atoms with E-state index in [4.69, 9.17) is 16.3 Å². The first-order chi connectivity index (χ1) is 8.36. The fourth-order valence-electron chi connectivity index (χ4n) is 2.21. The highest BCUT2D eigenvalue weighted by Crippen LogP contribution is 2.34. The number of rotatable bonds is 5. The molecule has 1 unspecified atom stereocenters. The Morgan fingerprint density at radius 2 is 1.67 bits per heavy atom. The van der Waals surface area contributed by atoms with Crippen LogP contribution in [0.25, 0.3) is 0 Å². The highest BCUT2D eigenvalue weighted by molar-refractivity contribution is 6.32. The molecule has 0 aliphatic carbocycles. The van der Waals surface area contributed by atoms with Crippen molar-refractivity contribution in [2.45, 2.75) is 52.6 Å². The van der Waals surface area contributed by atoms with Gasteiger partial charge in [0, 0.05) is 12.1 Å². The van der Waals surface area contributed by atoms with Gasteiger partial charge in [-0.3, -0.25) is 0 Å². The zero-order valence-corrected chi connectivity index (χ0v) is 12.9. The molecule has 1 atom stereocenters. The van der Waals surface area contributed by atoms with E-state index in [1.807, 2.05) is 6.07 Å². The number of ether oxygens (including phenoxy) is 1. The Labute approximate surface area is 116 Å². The Morgan fingerprint density at radius 3 is 2.11 bits per heavy atom. The summed E-state index contributed by atoms with van der Waals surface area (Å²) in [7, 11) is 1.65. The minimum Gasteiger partial charge on any atom is -0.495 e. The lowest BCUT2D eigenvalue weighted by atomic mass is 9.92. The van der Waals surface area contributed by atoms with Crippen molar-refractivity contribution in [3.05, 3.63) is 28.3 Å². The Balaban J connectivity index is 3.20. The molecule has 0 radical (unpaired) electrons. The summed E-state index contributed by atoms with van der Waals surface area (Å²) in [5.74, 6) is 1.20. The minimum atomic E-state index is 0.283. The molecule has 0 fully saturated rings. The summed E-state index contributed by atoms with van der Waals surface area (Å²) < 4.78 is 5.30. The first kappa shape index (κ1) is 15.3. The molecule has 0 saturated carbocycles. The molecular formula is C15H24ClNO. The standard InChI is InChI=1S/C15H24ClNO/c1-9(2)12-8-15(18-6)14(16)7-13(12)11(5)17-10(3)4/h7-11,17H,1-6H3. The zero-order chi connectivity index (χ0) is 13.9. The maximum Gasteiger partial charge on any atom is 0.137 e. The number of methoxy groups -OCH3 is 1. The number of hydrogen-bond donors (Lipinski definition) is 1. The van der Waals surface area contributed by atoms with E-state index in [0.717, 1.165) is 5.75 Å². The zero-order valence-electron chi connectivity index (χ0n) is 12.2. The van der Waals surface area contributed by atoms with Gasteiger partial charge in [-0.15, -0.1) is 0 Å². The van der Waals surface area contributed by atoms with E-state index in [2.05, 4.69) is 46.0 Å². The number of nitrogens with one attached hydrogen (secondary N) is 1. The predicted octanol–water partition coefficient (Wildman–Crippen LogP) is 4.53. The topological polar surface area (TPSA) is 21.3 Å². The normalized spacial score (nSPS) is 13.2. The van der Waals surface area contributed by atoms with E-state index in [0.29, 0.717) is 17.0 Å². The molecule has 2 nitrogen and oxygen atoms in total. The van der Waals surface area contributed by atoms with Gasteiger partial charge in [0.25, 0.3) is 0 Å². The highest BCUT2D eigenvalue weighted by atomic mass is 35.5. The van der Waals surface area contributed by atoms with Crippen LogP contribution in [0.3, 0.4) is 0 Å². The summed E-state index contributed by atoms with van der Waals surface area (Å²) in [6, 6.07) is 4.81. The van der Waals surface area contributed by atoms with Gasteiger partial charge in [-0.1, -0.05) is 39.3 Å². The molecule has 0 saturated heterocycles. The van der Waals surface area contributed by atoms with Crippen molar-refractivity contribution in [2.24, 2.45) is 0 Å². The third-order valence-corrected chi connectivity index (χ3v) is 3.32. The Kier molecular flexibility index (Phi) is 5.48. The smallest absolute Gasteiger partial charge is 0.137 e. The molecule has 0 aliphatic heterocycles. The molecular weight excluding hydrogens is 246 g/mol. The van der Waals surface area contributed by atoms with Crippen molar-refractivity contribution in [3.63, 3.8) is 0 Å². The second-order valence-electron chi connectivity index (χ2n) is 5.31. The van der Waals surface area contributed by atoms with Gasteiger partial charge < -0.3 is 10.1 Å². The third kappa shape index (κ3) is 3.63. The molecule has 1 aromatic carbocycles. The van der Waals surface area contributed by atoms with Crippen LogP contribution in [0.4, 0.5) is 0 Å². The molecule has 1 N–H and O–H groups in total. The van der Waals surface area contributed by atoms with Gasteiger partial charge >= 0.3 is 0 Å². The molecule has 0 heterocycles. The van der Waals surface area contributed by atoms with Gasteiger partial charge in [-0.25, -0.2) is 0 Å². The molecule has 18 heavy (non-hydrogen) atoms. The van der Waals surface area contributed by atoms with Gasteiger partial charge in [0.15, 0.2) is 0 Å². The number of benzene rings is 1. The lowest BCUT2D eigenvalue weighted by Crippen LogP contribution is -2.27. The van der Waals surface area contributed by atoms with Crippen LogP contribution >= 0.6 is 11.6 Å². The summed E-state index contributed by atoms with van der Waals surface area (Å²) in [6.07, 6.45) is 0. The van der Waals surface area contributed by atoms with Gasteiger partial charge in [0.05, 0.1) is 12.1 Å². The van der Waals surface area contributed by atoms with Crippen molar-refractivity contribution in [1.29, 1.82) is 0 Å².